The van der Waals surface area contributed by atoms with Crippen molar-refractivity contribution in [3.63, 3.8) is 0 Å². The first-order valence-corrected chi connectivity index (χ1v) is 8.40. The van der Waals surface area contributed by atoms with Crippen LogP contribution in [0.25, 0.3) is 16.9 Å². The lowest BCUT2D eigenvalue weighted by molar-refractivity contribution is 0.101. The Morgan fingerprint density at radius 3 is 2.56 bits per heavy atom. The molecule has 1 amide bonds. The maximum absolute atomic E-state index is 12.7. The molecule has 0 spiro atoms. The van der Waals surface area contributed by atoms with Crippen LogP contribution in [0.15, 0.2) is 60.7 Å². The van der Waals surface area contributed by atoms with E-state index in [2.05, 4.69) is 20.6 Å². The second kappa shape index (κ2) is 6.87. The maximum Gasteiger partial charge on any atom is 0.278 e. The van der Waals surface area contributed by atoms with Crippen molar-refractivity contribution < 1.29 is 9.53 Å². The third-order valence-electron chi connectivity index (χ3n) is 4.24. The zero-order valence-corrected chi connectivity index (χ0v) is 14.9. The number of rotatable bonds is 4. The Morgan fingerprint density at radius 2 is 1.78 bits per heavy atom. The molecule has 0 aliphatic carbocycles. The molecule has 27 heavy (non-hydrogen) atoms. The van der Waals surface area contributed by atoms with Crippen molar-refractivity contribution in [1.82, 2.24) is 19.8 Å². The van der Waals surface area contributed by atoms with Gasteiger partial charge in [-0.25, -0.2) is 4.52 Å². The molecule has 134 valence electrons. The Balaban J connectivity index is 1.70. The molecule has 0 saturated carbocycles. The van der Waals surface area contributed by atoms with E-state index in [1.807, 2.05) is 48.5 Å². The molecule has 4 aromatic rings. The number of fused-ring (bicyclic) bond motifs is 1. The third-order valence-corrected chi connectivity index (χ3v) is 4.24. The Kier molecular flexibility index (Phi) is 4.25. The van der Waals surface area contributed by atoms with E-state index in [-0.39, 0.29) is 11.6 Å². The number of nitrogens with one attached hydrogen (secondary N) is 1. The minimum atomic E-state index is -0.372. The minimum absolute atomic E-state index is 0.205. The van der Waals surface area contributed by atoms with Gasteiger partial charge in [0.2, 0.25) is 0 Å². The number of carbonyl (C=O) groups is 1. The van der Waals surface area contributed by atoms with Crippen LogP contribution in [0.2, 0.25) is 0 Å². The highest BCUT2D eigenvalue weighted by Crippen LogP contribution is 2.24. The van der Waals surface area contributed by atoms with Gasteiger partial charge in [0, 0.05) is 11.6 Å². The summed E-state index contributed by atoms with van der Waals surface area (Å²) in [5, 5.41) is 15.6. The monoisotopic (exact) mass is 359 g/mol. The highest BCUT2D eigenvalue weighted by Gasteiger charge is 2.18. The number of para-hydroxylation sites is 2. The summed E-state index contributed by atoms with van der Waals surface area (Å²) >= 11 is 0. The number of amides is 1. The fourth-order valence-electron chi connectivity index (χ4n) is 2.85. The highest BCUT2D eigenvalue weighted by molar-refractivity contribution is 6.04. The second-order valence-corrected chi connectivity index (χ2v) is 5.95. The quantitative estimate of drug-likeness (QED) is 0.604. The van der Waals surface area contributed by atoms with Crippen molar-refractivity contribution >= 4 is 17.2 Å². The number of hydrogen-bond acceptors (Lipinski definition) is 5. The number of hydrogen-bond donors (Lipinski definition) is 1. The molecule has 7 nitrogen and oxygen atoms in total. The van der Waals surface area contributed by atoms with Crippen LogP contribution in [-0.4, -0.2) is 32.8 Å². The van der Waals surface area contributed by atoms with Gasteiger partial charge < -0.3 is 10.1 Å². The van der Waals surface area contributed by atoms with Gasteiger partial charge in [-0.3, -0.25) is 4.79 Å². The number of nitrogens with zero attached hydrogens (tertiary/aromatic N) is 4. The van der Waals surface area contributed by atoms with Gasteiger partial charge in [-0.2, -0.15) is 5.10 Å². The van der Waals surface area contributed by atoms with Crippen LogP contribution in [-0.2, 0) is 0 Å². The molecule has 1 N–H and O–H groups in total. The summed E-state index contributed by atoms with van der Waals surface area (Å²) in [5.74, 6) is 0.200. The fraction of sp³-hybridized carbons (Fsp3) is 0.100. The molecule has 0 aliphatic rings. The molecule has 0 aliphatic heterocycles. The van der Waals surface area contributed by atoms with Gasteiger partial charge in [0.05, 0.1) is 24.2 Å². The standard InChI is InChI=1S/C20H17N5O2/c1-13-19(20(26)21-15-10-6-7-11-17(15)27-2)23-22-18-12-16(24-25(13)18)14-8-4-3-5-9-14/h3-12H,1-2H3,(H,21,26). The lowest BCUT2D eigenvalue weighted by Gasteiger charge is -2.10. The van der Waals surface area contributed by atoms with Crippen LogP contribution in [0.4, 0.5) is 5.69 Å². The zero-order chi connectivity index (χ0) is 18.8. The van der Waals surface area contributed by atoms with Gasteiger partial charge in [0.1, 0.15) is 5.75 Å². The van der Waals surface area contributed by atoms with Crippen LogP contribution < -0.4 is 10.1 Å². The Morgan fingerprint density at radius 1 is 1.04 bits per heavy atom. The van der Waals surface area contributed by atoms with E-state index in [0.717, 1.165) is 11.3 Å². The fourth-order valence-corrected chi connectivity index (χ4v) is 2.85. The molecule has 4 rings (SSSR count). The van der Waals surface area contributed by atoms with Crippen molar-refractivity contribution in [2.75, 3.05) is 12.4 Å². The van der Waals surface area contributed by atoms with Crippen LogP contribution in [0.5, 0.6) is 5.75 Å². The van der Waals surface area contributed by atoms with E-state index in [4.69, 9.17) is 4.74 Å². The summed E-state index contributed by atoms with van der Waals surface area (Å²) in [5.41, 5.74) is 3.71. The lowest BCUT2D eigenvalue weighted by atomic mass is 10.2. The van der Waals surface area contributed by atoms with Crippen molar-refractivity contribution in [3.8, 4) is 17.0 Å². The molecule has 7 heteroatoms. The Hall–Kier alpha value is -3.74. The van der Waals surface area contributed by atoms with Gasteiger partial charge in [-0.1, -0.05) is 42.5 Å². The van der Waals surface area contributed by atoms with E-state index in [9.17, 15) is 4.79 Å². The van der Waals surface area contributed by atoms with Crippen molar-refractivity contribution in [1.29, 1.82) is 0 Å². The second-order valence-electron chi connectivity index (χ2n) is 5.95. The molecule has 0 radical (unpaired) electrons. The zero-order valence-electron chi connectivity index (χ0n) is 14.9. The molecule has 0 bridgehead atoms. The van der Waals surface area contributed by atoms with E-state index in [1.54, 1.807) is 30.7 Å². The average molecular weight is 359 g/mol. The molecule has 2 heterocycles. The smallest absolute Gasteiger partial charge is 0.278 e. The molecule has 0 fully saturated rings. The van der Waals surface area contributed by atoms with E-state index in [1.165, 1.54) is 0 Å². The van der Waals surface area contributed by atoms with Crippen LogP contribution in [0.1, 0.15) is 16.2 Å². The van der Waals surface area contributed by atoms with Crippen molar-refractivity contribution in [3.05, 3.63) is 72.1 Å². The normalized spacial score (nSPS) is 10.7. The summed E-state index contributed by atoms with van der Waals surface area (Å²) in [7, 11) is 1.55. The molecule has 2 aromatic heterocycles. The van der Waals surface area contributed by atoms with E-state index >= 15 is 0 Å². The number of methoxy groups -OCH3 is 1. The van der Waals surface area contributed by atoms with Gasteiger partial charge in [-0.15, -0.1) is 10.2 Å². The van der Waals surface area contributed by atoms with Gasteiger partial charge in [0.15, 0.2) is 11.3 Å². The molecule has 0 saturated heterocycles. The predicted molar refractivity (Wildman–Crippen MR) is 102 cm³/mol. The van der Waals surface area contributed by atoms with Gasteiger partial charge >= 0.3 is 0 Å². The number of aryl methyl sites for hydroxylation is 1. The topological polar surface area (TPSA) is 81.4 Å². The molecular weight excluding hydrogens is 342 g/mol. The Labute approximate surface area is 155 Å². The number of ether oxygens (including phenoxy) is 1. The summed E-state index contributed by atoms with van der Waals surface area (Å²) < 4.78 is 6.90. The molecule has 0 atom stereocenters. The molecule has 2 aromatic carbocycles. The maximum atomic E-state index is 12.7. The summed E-state index contributed by atoms with van der Waals surface area (Å²) in [6.45, 7) is 1.79. The first-order valence-electron chi connectivity index (χ1n) is 8.40. The molecule has 0 unspecified atom stereocenters. The Bertz CT molecular complexity index is 1120. The summed E-state index contributed by atoms with van der Waals surface area (Å²) in [6, 6.07) is 18.8. The van der Waals surface area contributed by atoms with E-state index in [0.29, 0.717) is 22.8 Å². The lowest BCUT2D eigenvalue weighted by Crippen LogP contribution is -2.18. The SMILES string of the molecule is COc1ccccc1NC(=O)c1nnc2cc(-c3ccccc3)nn2c1C. The van der Waals surface area contributed by atoms with E-state index < -0.39 is 0 Å². The van der Waals surface area contributed by atoms with Crippen LogP contribution >= 0.6 is 0 Å². The van der Waals surface area contributed by atoms with Gasteiger partial charge in [0.25, 0.3) is 5.91 Å². The number of carbonyl (C=O) groups excluding carboxylic acids is 1. The average Bonchev–Trinajstić information content (AvgIpc) is 3.14. The number of anilines is 1. The third kappa shape index (κ3) is 3.10. The number of benzene rings is 2. The summed E-state index contributed by atoms with van der Waals surface area (Å²) in [4.78, 5) is 12.7. The van der Waals surface area contributed by atoms with Crippen LogP contribution in [0.3, 0.4) is 0 Å². The first-order chi connectivity index (χ1) is 13.2. The van der Waals surface area contributed by atoms with Gasteiger partial charge in [-0.05, 0) is 19.1 Å². The molecular formula is C20H17N5O2. The largest absolute Gasteiger partial charge is 0.495 e. The number of aromatic nitrogens is 4. The first kappa shape index (κ1) is 16.7. The highest BCUT2D eigenvalue weighted by atomic mass is 16.5. The predicted octanol–water partition coefficient (Wildman–Crippen LogP) is 3.36. The van der Waals surface area contributed by atoms with Crippen LogP contribution in [0, 0.1) is 6.92 Å². The minimum Gasteiger partial charge on any atom is -0.495 e. The van der Waals surface area contributed by atoms with Crippen molar-refractivity contribution in [2.45, 2.75) is 6.92 Å². The summed E-state index contributed by atoms with van der Waals surface area (Å²) in [6.07, 6.45) is 0. The van der Waals surface area contributed by atoms with Crippen molar-refractivity contribution in [2.24, 2.45) is 0 Å².